The molecule has 0 amide bonds. The van der Waals surface area contributed by atoms with Gasteiger partial charge in [-0.05, 0) is 30.9 Å². The van der Waals surface area contributed by atoms with E-state index >= 15 is 0 Å². The molecule has 3 aromatic rings. The molecule has 0 radical (unpaired) electrons. The Balaban J connectivity index is 1.99. The quantitative estimate of drug-likeness (QED) is 0.590. The molecule has 0 aliphatic carbocycles. The molecule has 118 valence electrons. The lowest BCUT2D eigenvalue weighted by Gasteiger charge is -2.15. The van der Waals surface area contributed by atoms with Gasteiger partial charge in [0.1, 0.15) is 0 Å². The minimum Gasteiger partial charge on any atom is -0.348 e. The Morgan fingerprint density at radius 2 is 1.70 bits per heavy atom. The SMILES string of the molecule is CCC(CC(=O)c1ccccc1)c1c(C)n(C)c2ccccc12. The molecule has 1 unspecified atom stereocenters. The second-order valence-corrected chi connectivity index (χ2v) is 6.17. The van der Waals surface area contributed by atoms with E-state index in [-0.39, 0.29) is 11.7 Å². The zero-order valence-corrected chi connectivity index (χ0v) is 14.0. The molecule has 2 aromatic carbocycles. The summed E-state index contributed by atoms with van der Waals surface area (Å²) in [5.41, 5.74) is 4.64. The second-order valence-electron chi connectivity index (χ2n) is 6.17. The number of carbonyl (C=O) groups excluding carboxylic acids is 1. The molecule has 2 nitrogen and oxygen atoms in total. The van der Waals surface area contributed by atoms with Crippen molar-refractivity contribution in [3.05, 3.63) is 71.4 Å². The van der Waals surface area contributed by atoms with Crippen LogP contribution in [-0.2, 0) is 7.05 Å². The van der Waals surface area contributed by atoms with Gasteiger partial charge in [0.05, 0.1) is 0 Å². The number of Topliss-reactive ketones (excluding diaryl/α,β-unsaturated/α-hetero) is 1. The lowest BCUT2D eigenvalue weighted by molar-refractivity contribution is 0.0973. The summed E-state index contributed by atoms with van der Waals surface area (Å²) >= 11 is 0. The first-order valence-corrected chi connectivity index (χ1v) is 8.25. The highest BCUT2D eigenvalue weighted by Crippen LogP contribution is 2.35. The third-order valence-corrected chi connectivity index (χ3v) is 4.88. The molecule has 1 atom stereocenters. The summed E-state index contributed by atoms with van der Waals surface area (Å²) in [4.78, 5) is 12.6. The lowest BCUT2D eigenvalue weighted by atomic mass is 9.88. The van der Waals surface area contributed by atoms with E-state index in [1.807, 2.05) is 30.3 Å². The number of carbonyl (C=O) groups is 1. The first-order valence-electron chi connectivity index (χ1n) is 8.25. The van der Waals surface area contributed by atoms with Gasteiger partial charge < -0.3 is 4.57 Å². The summed E-state index contributed by atoms with van der Waals surface area (Å²) < 4.78 is 2.24. The number of ketones is 1. The molecule has 1 aromatic heterocycles. The number of para-hydroxylation sites is 1. The average Bonchev–Trinajstić information content (AvgIpc) is 2.85. The molecule has 2 heteroatoms. The maximum Gasteiger partial charge on any atom is 0.163 e. The van der Waals surface area contributed by atoms with Gasteiger partial charge in [-0.15, -0.1) is 0 Å². The maximum atomic E-state index is 12.6. The van der Waals surface area contributed by atoms with Crippen LogP contribution in [0, 0.1) is 6.92 Å². The Morgan fingerprint density at radius 3 is 2.39 bits per heavy atom. The van der Waals surface area contributed by atoms with Crippen LogP contribution in [0.4, 0.5) is 0 Å². The lowest BCUT2D eigenvalue weighted by Crippen LogP contribution is -2.08. The zero-order chi connectivity index (χ0) is 16.4. The molecule has 0 saturated heterocycles. The maximum absolute atomic E-state index is 12.6. The van der Waals surface area contributed by atoms with Crippen LogP contribution < -0.4 is 0 Å². The predicted octanol–water partition coefficient (Wildman–Crippen LogP) is 5.25. The first kappa shape index (κ1) is 15.5. The Hall–Kier alpha value is -2.35. The summed E-state index contributed by atoms with van der Waals surface area (Å²) in [5.74, 6) is 0.485. The molecular formula is C21H23NO. The van der Waals surface area contributed by atoms with Crippen molar-refractivity contribution < 1.29 is 4.79 Å². The highest BCUT2D eigenvalue weighted by Gasteiger charge is 2.22. The van der Waals surface area contributed by atoms with Crippen molar-refractivity contribution in [2.75, 3.05) is 0 Å². The van der Waals surface area contributed by atoms with Crippen LogP contribution in [0.25, 0.3) is 10.9 Å². The van der Waals surface area contributed by atoms with Crippen molar-refractivity contribution in [2.24, 2.45) is 7.05 Å². The fraction of sp³-hybridized carbons (Fsp3) is 0.286. The summed E-state index contributed by atoms with van der Waals surface area (Å²) in [7, 11) is 2.10. The second kappa shape index (κ2) is 6.41. The summed E-state index contributed by atoms with van der Waals surface area (Å²) in [5, 5.41) is 1.28. The molecule has 3 rings (SSSR count). The fourth-order valence-corrected chi connectivity index (χ4v) is 3.48. The smallest absolute Gasteiger partial charge is 0.163 e. The molecule has 0 aliphatic heterocycles. The Kier molecular flexibility index (Phi) is 4.33. The van der Waals surface area contributed by atoms with Crippen LogP contribution in [-0.4, -0.2) is 10.4 Å². The number of fused-ring (bicyclic) bond motifs is 1. The molecule has 1 heterocycles. The minimum absolute atomic E-state index is 0.227. The van der Waals surface area contributed by atoms with Gasteiger partial charge in [0, 0.05) is 35.6 Å². The number of benzene rings is 2. The van der Waals surface area contributed by atoms with Gasteiger partial charge in [0.2, 0.25) is 0 Å². The van der Waals surface area contributed by atoms with Crippen LogP contribution in [0.15, 0.2) is 54.6 Å². The van der Waals surface area contributed by atoms with Crippen LogP contribution in [0.3, 0.4) is 0 Å². The van der Waals surface area contributed by atoms with Gasteiger partial charge >= 0.3 is 0 Å². The van der Waals surface area contributed by atoms with E-state index in [1.165, 1.54) is 22.2 Å². The topological polar surface area (TPSA) is 22.0 Å². The largest absolute Gasteiger partial charge is 0.348 e. The summed E-state index contributed by atoms with van der Waals surface area (Å²) in [6, 6.07) is 18.1. The molecule has 23 heavy (non-hydrogen) atoms. The van der Waals surface area contributed by atoms with Gasteiger partial charge in [-0.1, -0.05) is 55.5 Å². The van der Waals surface area contributed by atoms with Gasteiger partial charge in [0.15, 0.2) is 5.78 Å². The first-order chi connectivity index (χ1) is 11.1. The third kappa shape index (κ3) is 2.81. The van der Waals surface area contributed by atoms with Crippen molar-refractivity contribution in [1.82, 2.24) is 4.57 Å². The number of hydrogen-bond donors (Lipinski definition) is 0. The van der Waals surface area contributed by atoms with Gasteiger partial charge in [0.25, 0.3) is 0 Å². The fourth-order valence-electron chi connectivity index (χ4n) is 3.48. The molecule has 0 aliphatic rings. The van der Waals surface area contributed by atoms with E-state index in [0.29, 0.717) is 6.42 Å². The third-order valence-electron chi connectivity index (χ3n) is 4.88. The molecule has 0 saturated carbocycles. The van der Waals surface area contributed by atoms with Gasteiger partial charge in [-0.2, -0.15) is 0 Å². The van der Waals surface area contributed by atoms with Gasteiger partial charge in [-0.3, -0.25) is 4.79 Å². The zero-order valence-electron chi connectivity index (χ0n) is 14.0. The highest BCUT2D eigenvalue weighted by atomic mass is 16.1. The van der Waals surface area contributed by atoms with Crippen LogP contribution in [0.5, 0.6) is 0 Å². The standard InChI is InChI=1S/C21H23NO/c1-4-16(14-20(23)17-10-6-5-7-11-17)21-15(2)22(3)19-13-9-8-12-18(19)21/h5-13,16H,4,14H2,1-3H3. The average molecular weight is 305 g/mol. The van der Waals surface area contributed by atoms with Crippen molar-refractivity contribution in [3.63, 3.8) is 0 Å². The van der Waals surface area contributed by atoms with E-state index in [4.69, 9.17) is 0 Å². The van der Waals surface area contributed by atoms with E-state index in [9.17, 15) is 4.79 Å². The van der Waals surface area contributed by atoms with E-state index in [2.05, 4.69) is 49.7 Å². The molecular weight excluding hydrogens is 282 g/mol. The highest BCUT2D eigenvalue weighted by molar-refractivity contribution is 5.97. The Bertz CT molecular complexity index is 830. The normalized spacial score (nSPS) is 12.5. The molecule has 0 fully saturated rings. The number of hydrogen-bond acceptors (Lipinski definition) is 1. The van der Waals surface area contributed by atoms with Crippen LogP contribution >= 0.6 is 0 Å². The molecule has 0 N–H and O–H groups in total. The summed E-state index contributed by atoms with van der Waals surface area (Å²) in [6.45, 7) is 4.33. The predicted molar refractivity (Wildman–Crippen MR) is 96.1 cm³/mol. The van der Waals surface area contributed by atoms with Crippen LogP contribution in [0.1, 0.15) is 47.3 Å². The monoisotopic (exact) mass is 305 g/mol. The Morgan fingerprint density at radius 1 is 1.04 bits per heavy atom. The van der Waals surface area contributed by atoms with Crippen molar-refractivity contribution >= 4 is 16.7 Å². The van der Waals surface area contributed by atoms with E-state index in [1.54, 1.807) is 0 Å². The molecule has 0 spiro atoms. The number of rotatable bonds is 5. The van der Waals surface area contributed by atoms with Crippen molar-refractivity contribution in [3.8, 4) is 0 Å². The van der Waals surface area contributed by atoms with E-state index < -0.39 is 0 Å². The number of aryl methyl sites for hydroxylation is 1. The molecule has 0 bridgehead atoms. The number of aromatic nitrogens is 1. The van der Waals surface area contributed by atoms with Crippen LogP contribution in [0.2, 0.25) is 0 Å². The van der Waals surface area contributed by atoms with Crippen molar-refractivity contribution in [1.29, 1.82) is 0 Å². The minimum atomic E-state index is 0.227. The summed E-state index contributed by atoms with van der Waals surface area (Å²) in [6.07, 6.45) is 1.53. The van der Waals surface area contributed by atoms with Crippen molar-refractivity contribution in [2.45, 2.75) is 32.6 Å². The number of nitrogens with zero attached hydrogens (tertiary/aromatic N) is 1. The van der Waals surface area contributed by atoms with Gasteiger partial charge in [-0.25, -0.2) is 0 Å². The Labute approximate surface area is 137 Å². The van der Waals surface area contributed by atoms with E-state index in [0.717, 1.165) is 12.0 Å².